The van der Waals surface area contributed by atoms with Crippen LogP contribution in [0.3, 0.4) is 0 Å². The fourth-order valence-electron chi connectivity index (χ4n) is 2.21. The Morgan fingerprint density at radius 1 is 1.21 bits per heavy atom. The average molecular weight is 347 g/mol. The third-order valence-electron chi connectivity index (χ3n) is 3.97. The van der Waals surface area contributed by atoms with E-state index < -0.39 is 9.84 Å². The Bertz CT molecular complexity index is 835. The van der Waals surface area contributed by atoms with Crippen LogP contribution >= 0.6 is 0 Å². The number of aromatic nitrogens is 1. The van der Waals surface area contributed by atoms with Gasteiger partial charge < -0.3 is 10.2 Å². The van der Waals surface area contributed by atoms with E-state index in [9.17, 15) is 13.2 Å². The summed E-state index contributed by atoms with van der Waals surface area (Å²) in [5.41, 5.74) is 2.24. The number of urea groups is 1. The van der Waals surface area contributed by atoms with Gasteiger partial charge in [0.2, 0.25) is 0 Å². The zero-order valence-corrected chi connectivity index (χ0v) is 15.0. The normalized spacial score (nSPS) is 12.5. The van der Waals surface area contributed by atoms with Crippen molar-refractivity contribution in [3.63, 3.8) is 0 Å². The van der Waals surface area contributed by atoms with E-state index >= 15 is 0 Å². The Labute approximate surface area is 142 Å². The van der Waals surface area contributed by atoms with Crippen molar-refractivity contribution in [2.24, 2.45) is 0 Å². The third kappa shape index (κ3) is 4.11. The molecule has 0 spiro atoms. The van der Waals surface area contributed by atoms with Crippen molar-refractivity contribution in [3.05, 3.63) is 53.9 Å². The minimum atomic E-state index is -3.33. The SMILES string of the molecule is Cc1ccc(S(C)(=O)=O)cc1NC(=O)N(C)[C@@H](C)c1ccncc1. The molecule has 6 nitrogen and oxygen atoms in total. The number of pyridine rings is 1. The molecule has 2 rings (SSSR count). The first-order valence-corrected chi connectivity index (χ1v) is 9.33. The number of sulfone groups is 1. The lowest BCUT2D eigenvalue weighted by molar-refractivity contribution is 0.208. The summed E-state index contributed by atoms with van der Waals surface area (Å²) in [7, 11) is -1.64. The first-order chi connectivity index (χ1) is 11.2. The van der Waals surface area contributed by atoms with Crippen molar-refractivity contribution in [1.82, 2.24) is 9.88 Å². The molecule has 0 aliphatic rings. The molecular weight excluding hydrogens is 326 g/mol. The molecule has 0 radical (unpaired) electrons. The standard InChI is InChI=1S/C17H21N3O3S/c1-12-5-6-15(24(4,22)23)11-16(12)19-17(21)20(3)13(2)14-7-9-18-10-8-14/h5-11,13H,1-4H3,(H,19,21)/t13-/m0/s1. The van der Waals surface area contributed by atoms with Crippen LogP contribution in [0.2, 0.25) is 0 Å². The number of nitrogens with zero attached hydrogens (tertiary/aromatic N) is 2. The fourth-order valence-corrected chi connectivity index (χ4v) is 2.86. The monoisotopic (exact) mass is 347 g/mol. The van der Waals surface area contributed by atoms with Gasteiger partial charge in [0, 0.05) is 31.4 Å². The molecule has 1 N–H and O–H groups in total. The molecule has 1 atom stereocenters. The number of nitrogens with one attached hydrogen (secondary N) is 1. The van der Waals surface area contributed by atoms with Gasteiger partial charge in [-0.3, -0.25) is 4.98 Å². The quantitative estimate of drug-likeness (QED) is 0.922. The van der Waals surface area contributed by atoms with Crippen LogP contribution in [0.5, 0.6) is 0 Å². The van der Waals surface area contributed by atoms with Crippen molar-refractivity contribution in [2.45, 2.75) is 24.8 Å². The molecular formula is C17H21N3O3S. The molecule has 2 aromatic rings. The first-order valence-electron chi connectivity index (χ1n) is 7.44. The Balaban J connectivity index is 2.20. The Morgan fingerprint density at radius 2 is 1.83 bits per heavy atom. The molecule has 1 heterocycles. The summed E-state index contributed by atoms with van der Waals surface area (Å²) in [5, 5.41) is 2.78. The second kappa shape index (κ2) is 7.00. The second-order valence-corrected chi connectivity index (χ2v) is 7.76. The van der Waals surface area contributed by atoms with Gasteiger partial charge >= 0.3 is 6.03 Å². The molecule has 0 aliphatic heterocycles. The van der Waals surface area contributed by atoms with E-state index in [1.165, 1.54) is 12.1 Å². The maximum atomic E-state index is 12.5. The Morgan fingerprint density at radius 3 is 2.42 bits per heavy atom. The molecule has 2 amide bonds. The maximum Gasteiger partial charge on any atom is 0.322 e. The summed E-state index contributed by atoms with van der Waals surface area (Å²) < 4.78 is 23.4. The molecule has 0 fully saturated rings. The number of hydrogen-bond acceptors (Lipinski definition) is 4. The van der Waals surface area contributed by atoms with Gasteiger partial charge in [0.25, 0.3) is 0 Å². The van der Waals surface area contributed by atoms with Crippen molar-refractivity contribution in [2.75, 3.05) is 18.6 Å². The lowest BCUT2D eigenvalue weighted by Gasteiger charge is -2.26. The number of rotatable bonds is 4. The fraction of sp³-hybridized carbons (Fsp3) is 0.294. The van der Waals surface area contributed by atoms with Gasteiger partial charge in [-0.15, -0.1) is 0 Å². The predicted molar refractivity (Wildman–Crippen MR) is 93.7 cm³/mol. The summed E-state index contributed by atoms with van der Waals surface area (Å²) in [6.07, 6.45) is 4.50. The van der Waals surface area contributed by atoms with Crippen molar-refractivity contribution < 1.29 is 13.2 Å². The molecule has 0 saturated heterocycles. The number of aryl methyl sites for hydroxylation is 1. The molecule has 7 heteroatoms. The number of amides is 2. The molecule has 1 aromatic carbocycles. The van der Waals surface area contributed by atoms with Crippen molar-refractivity contribution in [1.29, 1.82) is 0 Å². The summed E-state index contributed by atoms with van der Waals surface area (Å²) in [5.74, 6) is 0. The van der Waals surface area contributed by atoms with E-state index in [0.29, 0.717) is 5.69 Å². The zero-order chi connectivity index (χ0) is 17.9. The minimum absolute atomic E-state index is 0.147. The third-order valence-corrected chi connectivity index (χ3v) is 5.08. The van der Waals surface area contributed by atoms with Gasteiger partial charge in [-0.2, -0.15) is 0 Å². The van der Waals surface area contributed by atoms with E-state index in [4.69, 9.17) is 0 Å². The Kier molecular flexibility index (Phi) is 5.23. The predicted octanol–water partition coefficient (Wildman–Crippen LogP) is 3.02. The van der Waals surface area contributed by atoms with Crippen LogP contribution in [0.15, 0.2) is 47.6 Å². The zero-order valence-electron chi connectivity index (χ0n) is 14.1. The maximum absolute atomic E-state index is 12.5. The van der Waals surface area contributed by atoms with Gasteiger partial charge in [0.15, 0.2) is 9.84 Å². The van der Waals surface area contributed by atoms with Gasteiger partial charge in [-0.25, -0.2) is 13.2 Å². The number of carbonyl (C=O) groups is 1. The van der Waals surface area contributed by atoms with Gasteiger partial charge in [0.05, 0.1) is 10.9 Å². The van der Waals surface area contributed by atoms with E-state index in [1.54, 1.807) is 30.4 Å². The topological polar surface area (TPSA) is 79.4 Å². The summed E-state index contributed by atoms with van der Waals surface area (Å²) >= 11 is 0. The molecule has 128 valence electrons. The highest BCUT2D eigenvalue weighted by atomic mass is 32.2. The molecule has 0 unspecified atom stereocenters. The van der Waals surface area contributed by atoms with Crippen LogP contribution in [0.25, 0.3) is 0 Å². The van der Waals surface area contributed by atoms with Gasteiger partial charge in [-0.05, 0) is 49.2 Å². The smallest absolute Gasteiger partial charge is 0.321 e. The number of anilines is 1. The summed E-state index contributed by atoms with van der Waals surface area (Å²) in [4.78, 5) is 18.2. The highest BCUT2D eigenvalue weighted by molar-refractivity contribution is 7.90. The number of carbonyl (C=O) groups excluding carboxylic acids is 1. The van der Waals surface area contributed by atoms with Crippen molar-refractivity contribution in [3.8, 4) is 0 Å². The van der Waals surface area contributed by atoms with E-state index in [2.05, 4.69) is 10.3 Å². The van der Waals surface area contributed by atoms with Crippen LogP contribution < -0.4 is 5.32 Å². The van der Waals surface area contributed by atoms with Gasteiger partial charge in [0.1, 0.15) is 0 Å². The first kappa shape index (κ1) is 17.9. The van der Waals surface area contributed by atoms with Crippen molar-refractivity contribution >= 4 is 21.6 Å². The van der Waals surface area contributed by atoms with Crippen LogP contribution in [0.1, 0.15) is 24.1 Å². The van der Waals surface area contributed by atoms with Crippen LogP contribution in [0.4, 0.5) is 10.5 Å². The van der Waals surface area contributed by atoms with Crippen LogP contribution in [0, 0.1) is 6.92 Å². The highest BCUT2D eigenvalue weighted by Gasteiger charge is 2.18. The lowest BCUT2D eigenvalue weighted by atomic mass is 10.1. The molecule has 0 aliphatic carbocycles. The average Bonchev–Trinajstić information content (AvgIpc) is 2.55. The molecule has 0 bridgehead atoms. The summed E-state index contributed by atoms with van der Waals surface area (Å²) in [6.45, 7) is 3.72. The highest BCUT2D eigenvalue weighted by Crippen LogP contribution is 2.23. The second-order valence-electron chi connectivity index (χ2n) is 5.75. The number of hydrogen-bond donors (Lipinski definition) is 1. The largest absolute Gasteiger partial charge is 0.322 e. The van der Waals surface area contributed by atoms with E-state index in [1.807, 2.05) is 26.0 Å². The minimum Gasteiger partial charge on any atom is -0.321 e. The van der Waals surface area contributed by atoms with Crippen LogP contribution in [-0.4, -0.2) is 37.6 Å². The van der Waals surface area contributed by atoms with Crippen LogP contribution in [-0.2, 0) is 9.84 Å². The molecule has 0 saturated carbocycles. The van der Waals surface area contributed by atoms with E-state index in [0.717, 1.165) is 17.4 Å². The molecule has 24 heavy (non-hydrogen) atoms. The summed E-state index contributed by atoms with van der Waals surface area (Å²) in [6, 6.07) is 7.93. The lowest BCUT2D eigenvalue weighted by Crippen LogP contribution is -2.33. The molecule has 1 aromatic heterocycles. The van der Waals surface area contributed by atoms with E-state index in [-0.39, 0.29) is 17.0 Å². The number of benzene rings is 1. The Hall–Kier alpha value is -2.41. The van der Waals surface area contributed by atoms with Gasteiger partial charge in [-0.1, -0.05) is 6.07 Å².